The highest BCUT2D eigenvalue weighted by Crippen LogP contribution is 2.18. The SMILES string of the molecule is Cc1nc(OCCNC(=O)c2ccc(Cl)cc2)cc(N2CCOCC2)n1. The third-order valence-corrected chi connectivity index (χ3v) is 4.13. The van der Waals surface area contributed by atoms with Crippen LogP contribution in [0.4, 0.5) is 5.82 Å². The average Bonchev–Trinajstić information content (AvgIpc) is 2.66. The molecule has 7 nitrogen and oxygen atoms in total. The number of aromatic nitrogens is 2. The van der Waals surface area contributed by atoms with Gasteiger partial charge in [0.05, 0.1) is 19.8 Å². The van der Waals surface area contributed by atoms with E-state index in [-0.39, 0.29) is 5.91 Å². The Morgan fingerprint density at radius 1 is 1.27 bits per heavy atom. The molecule has 1 aromatic carbocycles. The standard InChI is InChI=1S/C18H21ClN4O3/c1-13-21-16(23-7-10-25-11-8-23)12-17(22-13)26-9-6-20-18(24)14-2-4-15(19)5-3-14/h2-5,12H,6-11H2,1H3,(H,20,24). The van der Waals surface area contributed by atoms with Gasteiger partial charge in [-0.3, -0.25) is 4.79 Å². The van der Waals surface area contributed by atoms with E-state index in [1.54, 1.807) is 24.3 Å². The van der Waals surface area contributed by atoms with Gasteiger partial charge in [-0.1, -0.05) is 11.6 Å². The third kappa shape index (κ3) is 5.06. The van der Waals surface area contributed by atoms with Crippen molar-refractivity contribution in [2.75, 3.05) is 44.4 Å². The van der Waals surface area contributed by atoms with Crippen LogP contribution in [0.25, 0.3) is 0 Å². The molecule has 0 unspecified atom stereocenters. The number of halogens is 1. The van der Waals surface area contributed by atoms with Crippen molar-refractivity contribution < 1.29 is 14.3 Å². The molecule has 3 rings (SSSR count). The van der Waals surface area contributed by atoms with Gasteiger partial charge in [-0.25, -0.2) is 4.98 Å². The quantitative estimate of drug-likeness (QED) is 0.778. The molecule has 1 aromatic heterocycles. The van der Waals surface area contributed by atoms with E-state index in [1.807, 2.05) is 13.0 Å². The van der Waals surface area contributed by atoms with E-state index in [4.69, 9.17) is 21.1 Å². The number of carbonyl (C=O) groups is 1. The lowest BCUT2D eigenvalue weighted by Gasteiger charge is -2.28. The molecule has 2 heterocycles. The zero-order chi connectivity index (χ0) is 18.4. The molecule has 1 saturated heterocycles. The smallest absolute Gasteiger partial charge is 0.251 e. The van der Waals surface area contributed by atoms with Gasteiger partial charge in [0, 0.05) is 29.7 Å². The van der Waals surface area contributed by atoms with Crippen molar-refractivity contribution in [3.05, 3.63) is 46.7 Å². The van der Waals surface area contributed by atoms with E-state index in [1.165, 1.54) is 0 Å². The van der Waals surface area contributed by atoms with Gasteiger partial charge in [0.2, 0.25) is 5.88 Å². The third-order valence-electron chi connectivity index (χ3n) is 3.88. The summed E-state index contributed by atoms with van der Waals surface area (Å²) in [4.78, 5) is 22.9. The molecule has 1 N–H and O–H groups in total. The average molecular weight is 377 g/mol. The van der Waals surface area contributed by atoms with Gasteiger partial charge < -0.3 is 19.7 Å². The number of ether oxygens (including phenoxy) is 2. The van der Waals surface area contributed by atoms with Crippen molar-refractivity contribution in [3.8, 4) is 5.88 Å². The van der Waals surface area contributed by atoms with Gasteiger partial charge in [0.1, 0.15) is 18.2 Å². The highest BCUT2D eigenvalue weighted by Gasteiger charge is 2.14. The normalized spacial score (nSPS) is 14.2. The molecular weight excluding hydrogens is 356 g/mol. The lowest BCUT2D eigenvalue weighted by molar-refractivity contribution is 0.0946. The second kappa shape index (κ2) is 8.82. The number of aryl methyl sites for hydroxylation is 1. The van der Waals surface area contributed by atoms with Crippen LogP contribution >= 0.6 is 11.6 Å². The van der Waals surface area contributed by atoms with Crippen LogP contribution in [0.5, 0.6) is 5.88 Å². The Balaban J connectivity index is 1.50. The minimum Gasteiger partial charge on any atom is -0.476 e. The van der Waals surface area contributed by atoms with Gasteiger partial charge in [0.15, 0.2) is 0 Å². The van der Waals surface area contributed by atoms with Crippen molar-refractivity contribution in [3.63, 3.8) is 0 Å². The van der Waals surface area contributed by atoms with Crippen LogP contribution < -0.4 is 15.0 Å². The summed E-state index contributed by atoms with van der Waals surface area (Å²) in [7, 11) is 0. The Labute approximate surface area is 157 Å². The molecule has 8 heteroatoms. The summed E-state index contributed by atoms with van der Waals surface area (Å²) in [5, 5.41) is 3.40. The topological polar surface area (TPSA) is 76.6 Å². The molecule has 0 radical (unpaired) electrons. The van der Waals surface area contributed by atoms with Gasteiger partial charge in [-0.2, -0.15) is 4.98 Å². The van der Waals surface area contributed by atoms with Crippen molar-refractivity contribution in [2.45, 2.75) is 6.92 Å². The number of anilines is 1. The zero-order valence-electron chi connectivity index (χ0n) is 14.6. The lowest BCUT2D eigenvalue weighted by atomic mass is 10.2. The number of morpholine rings is 1. The Morgan fingerprint density at radius 3 is 2.73 bits per heavy atom. The molecule has 1 fully saturated rings. The number of nitrogens with zero attached hydrogens (tertiary/aromatic N) is 3. The number of carbonyl (C=O) groups excluding carboxylic acids is 1. The Morgan fingerprint density at radius 2 is 2.00 bits per heavy atom. The van der Waals surface area contributed by atoms with Crippen LogP contribution in [0.15, 0.2) is 30.3 Å². The highest BCUT2D eigenvalue weighted by atomic mass is 35.5. The van der Waals surface area contributed by atoms with Gasteiger partial charge >= 0.3 is 0 Å². The first-order chi connectivity index (χ1) is 12.6. The van der Waals surface area contributed by atoms with Crippen LogP contribution in [0, 0.1) is 6.92 Å². The van der Waals surface area contributed by atoms with Gasteiger partial charge in [-0.15, -0.1) is 0 Å². The van der Waals surface area contributed by atoms with E-state index >= 15 is 0 Å². The van der Waals surface area contributed by atoms with Crippen LogP contribution in [-0.4, -0.2) is 55.3 Å². The zero-order valence-corrected chi connectivity index (χ0v) is 15.3. The maximum absolute atomic E-state index is 12.0. The number of benzene rings is 1. The van der Waals surface area contributed by atoms with E-state index in [0.29, 0.717) is 48.7 Å². The Hall–Kier alpha value is -2.38. The Kier molecular flexibility index (Phi) is 6.25. The molecule has 1 aliphatic rings. The molecule has 0 bridgehead atoms. The van der Waals surface area contributed by atoms with Crippen LogP contribution in [0.1, 0.15) is 16.2 Å². The van der Waals surface area contributed by atoms with E-state index in [9.17, 15) is 4.79 Å². The molecule has 2 aromatic rings. The molecule has 0 atom stereocenters. The van der Waals surface area contributed by atoms with Gasteiger partial charge in [-0.05, 0) is 31.2 Å². The molecule has 0 saturated carbocycles. The fourth-order valence-corrected chi connectivity index (χ4v) is 2.70. The summed E-state index contributed by atoms with van der Waals surface area (Å²) in [6.07, 6.45) is 0. The number of amides is 1. The molecule has 1 amide bonds. The summed E-state index contributed by atoms with van der Waals surface area (Å²) in [6, 6.07) is 8.55. The molecule has 138 valence electrons. The van der Waals surface area contributed by atoms with E-state index < -0.39 is 0 Å². The predicted molar refractivity (Wildman–Crippen MR) is 99.1 cm³/mol. The number of hydrogen-bond acceptors (Lipinski definition) is 6. The first kappa shape index (κ1) is 18.4. The fourth-order valence-electron chi connectivity index (χ4n) is 2.58. The largest absolute Gasteiger partial charge is 0.476 e. The molecule has 0 aliphatic carbocycles. The Bertz CT molecular complexity index is 749. The lowest BCUT2D eigenvalue weighted by Crippen LogP contribution is -2.37. The van der Waals surface area contributed by atoms with Crippen molar-refractivity contribution in [1.29, 1.82) is 0 Å². The van der Waals surface area contributed by atoms with Gasteiger partial charge in [0.25, 0.3) is 5.91 Å². The van der Waals surface area contributed by atoms with Crippen molar-refractivity contribution >= 4 is 23.3 Å². The molecule has 26 heavy (non-hydrogen) atoms. The van der Waals surface area contributed by atoms with Crippen molar-refractivity contribution in [1.82, 2.24) is 15.3 Å². The molecule has 1 aliphatic heterocycles. The maximum Gasteiger partial charge on any atom is 0.251 e. The van der Waals surface area contributed by atoms with E-state index in [0.717, 1.165) is 18.9 Å². The minimum absolute atomic E-state index is 0.168. The summed E-state index contributed by atoms with van der Waals surface area (Å²) in [5.74, 6) is 1.81. The highest BCUT2D eigenvalue weighted by molar-refractivity contribution is 6.30. The summed E-state index contributed by atoms with van der Waals surface area (Å²) < 4.78 is 11.0. The number of nitrogens with one attached hydrogen (secondary N) is 1. The van der Waals surface area contributed by atoms with Crippen molar-refractivity contribution in [2.24, 2.45) is 0 Å². The van der Waals surface area contributed by atoms with Crippen LogP contribution in [-0.2, 0) is 4.74 Å². The first-order valence-corrected chi connectivity index (χ1v) is 8.84. The first-order valence-electron chi connectivity index (χ1n) is 8.47. The van der Waals surface area contributed by atoms with E-state index in [2.05, 4.69) is 20.2 Å². The summed E-state index contributed by atoms with van der Waals surface area (Å²) >= 11 is 5.82. The fraction of sp³-hybridized carbons (Fsp3) is 0.389. The van der Waals surface area contributed by atoms with Crippen LogP contribution in [0.3, 0.4) is 0 Å². The monoisotopic (exact) mass is 376 g/mol. The maximum atomic E-state index is 12.0. The second-order valence-electron chi connectivity index (χ2n) is 5.82. The predicted octanol–water partition coefficient (Wildman–Crippen LogP) is 2.08. The second-order valence-corrected chi connectivity index (χ2v) is 6.26. The van der Waals surface area contributed by atoms with Crippen LogP contribution in [0.2, 0.25) is 5.02 Å². The summed E-state index contributed by atoms with van der Waals surface area (Å²) in [5.41, 5.74) is 0.557. The molecular formula is C18H21ClN4O3. The number of rotatable bonds is 6. The number of hydrogen-bond donors (Lipinski definition) is 1. The molecule has 0 spiro atoms. The minimum atomic E-state index is -0.168. The summed E-state index contributed by atoms with van der Waals surface area (Å²) in [6.45, 7) is 5.50.